The average molecular weight is 394 g/mol. The van der Waals surface area contributed by atoms with E-state index in [0.717, 1.165) is 11.5 Å². The summed E-state index contributed by atoms with van der Waals surface area (Å²) in [6.45, 7) is 6.21. The van der Waals surface area contributed by atoms with Crippen LogP contribution in [0.15, 0.2) is 36.5 Å². The van der Waals surface area contributed by atoms with Crippen LogP contribution in [0.2, 0.25) is 10.3 Å². The van der Waals surface area contributed by atoms with Crippen LogP contribution in [0.1, 0.15) is 13.8 Å². The number of piperazine rings is 1. The number of amides is 2. The van der Waals surface area contributed by atoms with E-state index >= 15 is 0 Å². The van der Waals surface area contributed by atoms with Gasteiger partial charge in [-0.3, -0.25) is 0 Å². The number of nitrogens with one attached hydrogen (secondary N) is 1. The van der Waals surface area contributed by atoms with Crippen LogP contribution in [0.3, 0.4) is 0 Å². The molecule has 1 aromatic carbocycles. The predicted molar refractivity (Wildman–Crippen MR) is 105 cm³/mol. The molecule has 0 spiro atoms. The minimum atomic E-state index is -0.105. The summed E-state index contributed by atoms with van der Waals surface area (Å²) in [6, 6.07) is 8.90. The first-order valence-corrected chi connectivity index (χ1v) is 9.26. The van der Waals surface area contributed by atoms with Crippen LogP contribution < -0.4 is 10.2 Å². The number of urea groups is 1. The van der Waals surface area contributed by atoms with Gasteiger partial charge in [-0.2, -0.15) is 0 Å². The number of halogens is 2. The van der Waals surface area contributed by atoms with E-state index in [1.54, 1.807) is 30.5 Å². The molecular formula is C18H21Cl2N5O. The van der Waals surface area contributed by atoms with E-state index in [1.165, 1.54) is 0 Å². The summed E-state index contributed by atoms with van der Waals surface area (Å²) < 4.78 is 0. The fraction of sp³-hybridized carbons (Fsp3) is 0.389. The zero-order valence-corrected chi connectivity index (χ0v) is 16.2. The molecular weight excluding hydrogens is 373 g/mol. The topological polar surface area (TPSA) is 61.4 Å². The number of benzene rings is 1. The first kappa shape index (κ1) is 18.7. The maximum atomic E-state index is 12.8. The molecule has 3 rings (SSSR count). The molecule has 138 valence electrons. The van der Waals surface area contributed by atoms with E-state index in [2.05, 4.69) is 34.0 Å². The highest BCUT2D eigenvalue weighted by Gasteiger charge is 2.33. The van der Waals surface area contributed by atoms with Gasteiger partial charge in [-0.05, 0) is 47.9 Å². The molecule has 0 aliphatic carbocycles. The highest BCUT2D eigenvalue weighted by atomic mass is 35.5. The molecule has 1 unspecified atom stereocenters. The van der Waals surface area contributed by atoms with Crippen molar-refractivity contribution in [1.29, 1.82) is 0 Å². The Labute approximate surface area is 163 Å². The Kier molecular flexibility index (Phi) is 5.84. The van der Waals surface area contributed by atoms with Gasteiger partial charge in [-0.25, -0.2) is 14.8 Å². The fourth-order valence-corrected chi connectivity index (χ4v) is 3.34. The van der Waals surface area contributed by atoms with E-state index in [4.69, 9.17) is 23.2 Å². The van der Waals surface area contributed by atoms with Gasteiger partial charge in [0.1, 0.15) is 5.82 Å². The maximum Gasteiger partial charge on any atom is 0.322 e. The largest absolute Gasteiger partial charge is 0.353 e. The second-order valence-corrected chi connectivity index (χ2v) is 7.35. The predicted octanol–water partition coefficient (Wildman–Crippen LogP) is 4.16. The summed E-state index contributed by atoms with van der Waals surface area (Å²) in [5.41, 5.74) is 0.729. The van der Waals surface area contributed by atoms with E-state index in [1.807, 2.05) is 11.0 Å². The van der Waals surface area contributed by atoms with Crippen LogP contribution in [-0.4, -0.2) is 46.6 Å². The number of hydrogen-bond donors (Lipinski definition) is 1. The number of hydrogen-bond acceptors (Lipinski definition) is 4. The molecule has 1 atom stereocenters. The minimum Gasteiger partial charge on any atom is -0.353 e. The maximum absolute atomic E-state index is 12.8. The lowest BCUT2D eigenvalue weighted by atomic mass is 10.00. The third-order valence-electron chi connectivity index (χ3n) is 4.48. The van der Waals surface area contributed by atoms with Crippen molar-refractivity contribution in [3.05, 3.63) is 46.8 Å². The zero-order valence-electron chi connectivity index (χ0n) is 14.7. The lowest BCUT2D eigenvalue weighted by Gasteiger charge is -2.43. The van der Waals surface area contributed by atoms with Gasteiger partial charge in [-0.15, -0.1) is 0 Å². The van der Waals surface area contributed by atoms with E-state index < -0.39 is 0 Å². The Morgan fingerprint density at radius 3 is 2.58 bits per heavy atom. The molecule has 1 aromatic heterocycles. The molecule has 1 saturated heterocycles. The number of anilines is 2. The molecule has 1 aliphatic heterocycles. The molecule has 1 N–H and O–H groups in total. The molecule has 2 aromatic rings. The van der Waals surface area contributed by atoms with Crippen molar-refractivity contribution in [2.24, 2.45) is 5.92 Å². The Bertz CT molecular complexity index is 768. The Morgan fingerprint density at radius 2 is 1.92 bits per heavy atom. The summed E-state index contributed by atoms with van der Waals surface area (Å²) >= 11 is 11.8. The normalized spacial score (nSPS) is 17.5. The second-order valence-electron chi connectivity index (χ2n) is 6.57. The van der Waals surface area contributed by atoms with Crippen LogP contribution >= 0.6 is 23.2 Å². The first-order valence-electron chi connectivity index (χ1n) is 8.50. The Hall–Kier alpha value is -2.05. The van der Waals surface area contributed by atoms with Crippen molar-refractivity contribution >= 4 is 40.7 Å². The van der Waals surface area contributed by atoms with Crippen molar-refractivity contribution in [3.8, 4) is 0 Å². The molecule has 8 heteroatoms. The Morgan fingerprint density at radius 1 is 1.19 bits per heavy atom. The minimum absolute atomic E-state index is 0.0600. The third-order valence-corrected chi connectivity index (χ3v) is 4.91. The molecule has 0 radical (unpaired) electrons. The number of carbonyl (C=O) groups is 1. The molecule has 0 bridgehead atoms. The number of nitrogens with zero attached hydrogens (tertiary/aromatic N) is 4. The van der Waals surface area contributed by atoms with Gasteiger partial charge in [0.25, 0.3) is 0 Å². The van der Waals surface area contributed by atoms with Gasteiger partial charge in [0.05, 0.1) is 6.04 Å². The van der Waals surface area contributed by atoms with Crippen LogP contribution in [0, 0.1) is 5.92 Å². The van der Waals surface area contributed by atoms with Crippen molar-refractivity contribution in [1.82, 2.24) is 14.9 Å². The standard InChI is InChI=1S/C18H21Cl2N5O/c1-12(2)15-11-24(16-7-8-21-17(20)23-16)9-10-25(15)18(26)22-14-5-3-13(19)4-6-14/h3-8,12,15H,9-11H2,1-2H3,(H,22,26). The summed E-state index contributed by atoms with van der Waals surface area (Å²) in [4.78, 5) is 25.0. The van der Waals surface area contributed by atoms with Gasteiger partial charge in [-0.1, -0.05) is 25.4 Å². The molecule has 26 heavy (non-hydrogen) atoms. The van der Waals surface area contributed by atoms with Crippen molar-refractivity contribution in [2.75, 3.05) is 29.9 Å². The first-order chi connectivity index (χ1) is 12.4. The SMILES string of the molecule is CC(C)C1CN(c2ccnc(Cl)n2)CCN1C(=O)Nc1ccc(Cl)cc1. The highest BCUT2D eigenvalue weighted by Crippen LogP contribution is 2.23. The lowest BCUT2D eigenvalue weighted by molar-refractivity contribution is 0.156. The van der Waals surface area contributed by atoms with E-state index in [-0.39, 0.29) is 17.4 Å². The molecule has 2 heterocycles. The van der Waals surface area contributed by atoms with Gasteiger partial charge in [0.15, 0.2) is 0 Å². The third kappa shape index (κ3) is 4.37. The van der Waals surface area contributed by atoms with Crippen LogP contribution in [-0.2, 0) is 0 Å². The van der Waals surface area contributed by atoms with Gasteiger partial charge in [0, 0.05) is 36.5 Å². The van der Waals surface area contributed by atoms with Crippen LogP contribution in [0.5, 0.6) is 0 Å². The summed E-state index contributed by atoms with van der Waals surface area (Å²) in [5.74, 6) is 1.08. The lowest BCUT2D eigenvalue weighted by Crippen LogP contribution is -2.58. The monoisotopic (exact) mass is 393 g/mol. The van der Waals surface area contributed by atoms with Crippen molar-refractivity contribution < 1.29 is 4.79 Å². The van der Waals surface area contributed by atoms with Crippen LogP contribution in [0.25, 0.3) is 0 Å². The van der Waals surface area contributed by atoms with Crippen LogP contribution in [0.4, 0.5) is 16.3 Å². The molecule has 1 aliphatic rings. The van der Waals surface area contributed by atoms with Gasteiger partial charge >= 0.3 is 6.03 Å². The molecule has 6 nitrogen and oxygen atoms in total. The van der Waals surface area contributed by atoms with Crippen molar-refractivity contribution in [3.63, 3.8) is 0 Å². The summed E-state index contributed by atoms with van der Waals surface area (Å²) in [6.07, 6.45) is 1.65. The second kappa shape index (κ2) is 8.10. The summed E-state index contributed by atoms with van der Waals surface area (Å²) in [7, 11) is 0. The quantitative estimate of drug-likeness (QED) is 0.795. The molecule has 2 amide bonds. The van der Waals surface area contributed by atoms with Crippen molar-refractivity contribution in [2.45, 2.75) is 19.9 Å². The Balaban J connectivity index is 1.72. The van der Waals surface area contributed by atoms with E-state index in [0.29, 0.717) is 30.6 Å². The zero-order chi connectivity index (χ0) is 18.7. The number of rotatable bonds is 3. The summed E-state index contributed by atoms with van der Waals surface area (Å²) in [5, 5.41) is 3.82. The molecule has 1 fully saturated rings. The van der Waals surface area contributed by atoms with Gasteiger partial charge in [0.2, 0.25) is 5.28 Å². The fourth-order valence-electron chi connectivity index (χ4n) is 3.07. The number of carbonyl (C=O) groups excluding carboxylic acids is 1. The van der Waals surface area contributed by atoms with E-state index in [9.17, 15) is 4.79 Å². The number of aromatic nitrogens is 2. The van der Waals surface area contributed by atoms with Gasteiger partial charge < -0.3 is 15.1 Å². The highest BCUT2D eigenvalue weighted by molar-refractivity contribution is 6.30. The average Bonchev–Trinajstić information content (AvgIpc) is 2.63. The smallest absolute Gasteiger partial charge is 0.322 e. The molecule has 0 saturated carbocycles.